The molecule has 0 radical (unpaired) electrons. The van der Waals surface area contributed by atoms with Crippen LogP contribution in [0.3, 0.4) is 0 Å². The molecule has 2 aromatic rings. The second kappa shape index (κ2) is 4.61. The quantitative estimate of drug-likeness (QED) is 0.923. The first-order valence-corrected chi connectivity index (χ1v) is 6.51. The van der Waals surface area contributed by atoms with E-state index in [1.165, 1.54) is 17.6 Å². The molecule has 1 saturated carbocycles. The largest absolute Gasteiger partial charge is 0.356 e. The zero-order valence-electron chi connectivity index (χ0n) is 9.49. The summed E-state index contributed by atoms with van der Waals surface area (Å²) in [6.45, 7) is 0.211. The molecule has 1 heterocycles. The zero-order chi connectivity index (χ0) is 12.5. The molecule has 0 bridgehead atoms. The second-order valence-electron chi connectivity index (χ2n) is 4.32. The Bertz CT molecular complexity index is 566. The van der Waals surface area contributed by atoms with Gasteiger partial charge in [-0.05, 0) is 31.0 Å². The summed E-state index contributed by atoms with van der Waals surface area (Å²) >= 11 is 1.26. The number of benzene rings is 1. The van der Waals surface area contributed by atoms with Crippen molar-refractivity contribution in [2.75, 3.05) is 5.32 Å². The van der Waals surface area contributed by atoms with Crippen LogP contribution in [0.15, 0.2) is 18.2 Å². The number of aromatic nitrogens is 2. The Labute approximate surface area is 107 Å². The molecular formula is C12H11F2N3S. The van der Waals surface area contributed by atoms with E-state index in [2.05, 4.69) is 14.7 Å². The number of nitrogens with one attached hydrogen (secondary N) is 1. The maximum Gasteiger partial charge on any atom is 0.202 e. The highest BCUT2D eigenvalue weighted by Crippen LogP contribution is 2.39. The molecule has 0 spiro atoms. The number of nitrogens with zero attached hydrogens (tertiary/aromatic N) is 2. The number of hydrogen-bond acceptors (Lipinski definition) is 4. The van der Waals surface area contributed by atoms with Gasteiger partial charge in [-0.15, -0.1) is 0 Å². The lowest BCUT2D eigenvalue weighted by Crippen LogP contribution is -2.02. The maximum atomic E-state index is 13.4. The minimum atomic E-state index is -0.441. The third-order valence-electron chi connectivity index (χ3n) is 2.82. The molecule has 1 aliphatic carbocycles. The van der Waals surface area contributed by atoms with E-state index in [1.54, 1.807) is 0 Å². The fourth-order valence-electron chi connectivity index (χ4n) is 1.66. The third kappa shape index (κ3) is 2.48. The summed E-state index contributed by atoms with van der Waals surface area (Å²) < 4.78 is 30.6. The Morgan fingerprint density at radius 3 is 2.94 bits per heavy atom. The topological polar surface area (TPSA) is 37.8 Å². The van der Waals surface area contributed by atoms with E-state index < -0.39 is 11.6 Å². The molecular weight excluding hydrogens is 256 g/mol. The van der Waals surface area contributed by atoms with Crippen molar-refractivity contribution >= 4 is 16.7 Å². The van der Waals surface area contributed by atoms with Gasteiger partial charge in [0.1, 0.15) is 17.5 Å². The van der Waals surface area contributed by atoms with Crippen LogP contribution >= 0.6 is 11.5 Å². The van der Waals surface area contributed by atoms with Crippen LogP contribution in [-0.4, -0.2) is 9.36 Å². The molecule has 1 N–H and O–H groups in total. The summed E-state index contributed by atoms with van der Waals surface area (Å²) in [5.41, 5.74) is 0.290. The van der Waals surface area contributed by atoms with Crippen molar-refractivity contribution in [2.45, 2.75) is 25.3 Å². The van der Waals surface area contributed by atoms with Gasteiger partial charge in [0.25, 0.3) is 0 Å². The highest BCUT2D eigenvalue weighted by molar-refractivity contribution is 7.09. The van der Waals surface area contributed by atoms with Gasteiger partial charge in [-0.1, -0.05) is 0 Å². The van der Waals surface area contributed by atoms with E-state index in [1.807, 2.05) is 0 Å². The molecule has 1 aromatic heterocycles. The van der Waals surface area contributed by atoms with Crippen LogP contribution in [0.1, 0.15) is 30.1 Å². The monoisotopic (exact) mass is 267 g/mol. The molecule has 1 fully saturated rings. The van der Waals surface area contributed by atoms with Gasteiger partial charge < -0.3 is 5.32 Å². The van der Waals surface area contributed by atoms with Gasteiger partial charge >= 0.3 is 0 Å². The predicted octanol–water partition coefficient (Wildman–Crippen LogP) is 3.31. The molecule has 3 rings (SSSR count). The Morgan fingerprint density at radius 1 is 1.33 bits per heavy atom. The number of rotatable bonds is 4. The Kier molecular flexibility index (Phi) is 2.95. The second-order valence-corrected chi connectivity index (χ2v) is 5.07. The Balaban J connectivity index is 1.67. The summed E-state index contributed by atoms with van der Waals surface area (Å²) in [5, 5.41) is 3.62. The molecule has 0 saturated heterocycles. The minimum Gasteiger partial charge on any atom is -0.356 e. The third-order valence-corrected chi connectivity index (χ3v) is 3.51. The van der Waals surface area contributed by atoms with Crippen LogP contribution < -0.4 is 5.32 Å². The molecule has 0 amide bonds. The van der Waals surface area contributed by atoms with Gasteiger partial charge in [-0.25, -0.2) is 13.8 Å². The molecule has 0 unspecified atom stereocenters. The average Bonchev–Trinajstić information content (AvgIpc) is 3.10. The molecule has 0 aliphatic heterocycles. The first-order valence-electron chi connectivity index (χ1n) is 5.74. The molecule has 3 nitrogen and oxygen atoms in total. The van der Waals surface area contributed by atoms with Crippen molar-refractivity contribution in [1.82, 2.24) is 9.36 Å². The van der Waals surface area contributed by atoms with Gasteiger partial charge in [0.2, 0.25) is 5.13 Å². The van der Waals surface area contributed by atoms with Gasteiger partial charge in [0.15, 0.2) is 0 Å². The predicted molar refractivity (Wildman–Crippen MR) is 65.6 cm³/mol. The van der Waals surface area contributed by atoms with Gasteiger partial charge in [-0.2, -0.15) is 4.37 Å². The summed E-state index contributed by atoms with van der Waals surface area (Å²) in [6, 6.07) is 3.42. The first kappa shape index (κ1) is 11.5. The zero-order valence-corrected chi connectivity index (χ0v) is 10.3. The summed E-state index contributed by atoms with van der Waals surface area (Å²) in [4.78, 5) is 4.32. The number of halogens is 2. The van der Waals surface area contributed by atoms with E-state index >= 15 is 0 Å². The maximum absolute atomic E-state index is 13.4. The van der Waals surface area contributed by atoms with Gasteiger partial charge in [0.05, 0.1) is 0 Å². The van der Waals surface area contributed by atoms with Crippen LogP contribution in [0, 0.1) is 11.6 Å². The molecule has 18 heavy (non-hydrogen) atoms. The van der Waals surface area contributed by atoms with Crippen molar-refractivity contribution in [3.8, 4) is 0 Å². The summed E-state index contributed by atoms with van der Waals surface area (Å²) in [7, 11) is 0. The number of anilines is 1. The SMILES string of the molecule is Fc1ccc(F)c(CNc2nc(C3CC3)ns2)c1. The Hall–Kier alpha value is -1.56. The van der Waals surface area contributed by atoms with Crippen LogP contribution in [0.4, 0.5) is 13.9 Å². The molecule has 1 aliphatic rings. The van der Waals surface area contributed by atoms with E-state index in [0.717, 1.165) is 30.8 Å². The lowest BCUT2D eigenvalue weighted by molar-refractivity contribution is 0.587. The first-order chi connectivity index (χ1) is 8.72. The van der Waals surface area contributed by atoms with Crippen molar-refractivity contribution in [2.24, 2.45) is 0 Å². The number of hydrogen-bond donors (Lipinski definition) is 1. The highest BCUT2D eigenvalue weighted by Gasteiger charge is 2.27. The minimum absolute atomic E-state index is 0.211. The van der Waals surface area contributed by atoms with Crippen molar-refractivity contribution < 1.29 is 8.78 Å². The standard InChI is InChI=1S/C12H11F2N3S/c13-9-3-4-10(14)8(5-9)6-15-12-16-11(17-18-12)7-1-2-7/h3-5,7H,1-2,6H2,(H,15,16,17). The fourth-order valence-corrected chi connectivity index (χ4v) is 2.30. The van der Waals surface area contributed by atoms with Crippen molar-refractivity contribution in [3.63, 3.8) is 0 Å². The fraction of sp³-hybridized carbons (Fsp3) is 0.333. The van der Waals surface area contributed by atoms with Crippen LogP contribution in [0.2, 0.25) is 0 Å². The highest BCUT2D eigenvalue weighted by atomic mass is 32.1. The van der Waals surface area contributed by atoms with Crippen LogP contribution in [0.25, 0.3) is 0 Å². The van der Waals surface area contributed by atoms with E-state index in [0.29, 0.717) is 11.0 Å². The van der Waals surface area contributed by atoms with Crippen molar-refractivity contribution in [1.29, 1.82) is 0 Å². The lowest BCUT2D eigenvalue weighted by atomic mass is 10.2. The summed E-state index contributed by atoms with van der Waals surface area (Å²) in [5.74, 6) is 0.505. The van der Waals surface area contributed by atoms with Crippen LogP contribution in [-0.2, 0) is 6.54 Å². The lowest BCUT2D eigenvalue weighted by Gasteiger charge is -2.03. The van der Waals surface area contributed by atoms with Gasteiger partial charge in [0, 0.05) is 29.6 Å². The molecule has 0 atom stereocenters. The molecule has 94 valence electrons. The smallest absolute Gasteiger partial charge is 0.202 e. The molecule has 6 heteroatoms. The molecule has 1 aromatic carbocycles. The van der Waals surface area contributed by atoms with Crippen LogP contribution in [0.5, 0.6) is 0 Å². The van der Waals surface area contributed by atoms with Crippen molar-refractivity contribution in [3.05, 3.63) is 41.2 Å². The summed E-state index contributed by atoms with van der Waals surface area (Å²) in [6.07, 6.45) is 2.30. The van der Waals surface area contributed by atoms with E-state index in [-0.39, 0.29) is 12.1 Å². The van der Waals surface area contributed by atoms with E-state index in [9.17, 15) is 8.78 Å². The van der Waals surface area contributed by atoms with E-state index in [4.69, 9.17) is 0 Å². The normalized spacial score (nSPS) is 14.8. The van der Waals surface area contributed by atoms with Gasteiger partial charge in [-0.3, -0.25) is 0 Å². The Morgan fingerprint density at radius 2 is 2.17 bits per heavy atom. The average molecular weight is 267 g/mol.